The smallest absolute Gasteiger partial charge is 0.255 e. The van der Waals surface area contributed by atoms with Crippen molar-refractivity contribution < 1.29 is 9.59 Å². The van der Waals surface area contributed by atoms with Crippen molar-refractivity contribution in [2.45, 2.75) is 10.3 Å². The molecule has 156 valence electrons. The van der Waals surface area contributed by atoms with E-state index in [0.717, 1.165) is 0 Å². The molecule has 0 unspecified atom stereocenters. The van der Waals surface area contributed by atoms with Crippen molar-refractivity contribution in [3.05, 3.63) is 62.6 Å². The van der Waals surface area contributed by atoms with Gasteiger partial charge in [-0.3, -0.25) is 9.59 Å². The number of halogens is 5. The van der Waals surface area contributed by atoms with E-state index in [4.69, 9.17) is 64.4 Å². The van der Waals surface area contributed by atoms with Gasteiger partial charge in [0.1, 0.15) is 4.33 Å². The topological polar surface area (TPSA) is 49.4 Å². The lowest BCUT2D eigenvalue weighted by molar-refractivity contribution is -0.117. The van der Waals surface area contributed by atoms with Crippen LogP contribution in [-0.4, -0.2) is 34.6 Å². The molecule has 2 amide bonds. The molecule has 0 saturated heterocycles. The van der Waals surface area contributed by atoms with E-state index in [0.29, 0.717) is 21.3 Å². The molecule has 1 saturated carbocycles. The number of carbonyl (C=O) groups excluding carboxylic acids is 2. The van der Waals surface area contributed by atoms with E-state index in [-0.39, 0.29) is 23.0 Å². The van der Waals surface area contributed by atoms with E-state index in [1.165, 1.54) is 17.0 Å². The summed E-state index contributed by atoms with van der Waals surface area (Å²) in [5, 5.41) is 3.82. The van der Waals surface area contributed by atoms with Crippen LogP contribution in [0.2, 0.25) is 15.1 Å². The predicted molar refractivity (Wildman–Crippen MR) is 123 cm³/mol. The van der Waals surface area contributed by atoms with Crippen LogP contribution in [0.3, 0.4) is 0 Å². The first-order valence-electron chi connectivity index (χ1n) is 8.69. The highest BCUT2D eigenvalue weighted by atomic mass is 35.5. The molecule has 30 heavy (non-hydrogen) atoms. The molecule has 0 aromatic heterocycles. The van der Waals surface area contributed by atoms with E-state index in [1.54, 1.807) is 31.3 Å². The minimum atomic E-state index is -1.31. The normalized spacial score (nSPS) is 19.0. The van der Waals surface area contributed by atoms with Crippen LogP contribution in [0.4, 0.5) is 5.69 Å². The summed E-state index contributed by atoms with van der Waals surface area (Å²) in [4.78, 5) is 26.7. The average molecular weight is 505 g/mol. The zero-order valence-corrected chi connectivity index (χ0v) is 19.3. The van der Waals surface area contributed by atoms with E-state index < -0.39 is 22.1 Å². The summed E-state index contributed by atoms with van der Waals surface area (Å²) in [7, 11) is 1.56. The monoisotopic (exact) mass is 502 g/mol. The molecule has 0 aliphatic heterocycles. The van der Waals surface area contributed by atoms with Gasteiger partial charge in [-0.2, -0.15) is 0 Å². The molecule has 2 aromatic carbocycles. The molecular weight excluding hydrogens is 490 g/mol. The van der Waals surface area contributed by atoms with Gasteiger partial charge < -0.3 is 10.2 Å². The summed E-state index contributed by atoms with van der Waals surface area (Å²) >= 11 is 31.0. The highest BCUT2D eigenvalue weighted by Gasteiger charge is 2.67. The maximum absolute atomic E-state index is 12.8. The first-order chi connectivity index (χ1) is 14.1. The van der Waals surface area contributed by atoms with Crippen LogP contribution in [0.5, 0.6) is 0 Å². The van der Waals surface area contributed by atoms with Gasteiger partial charge in [-0.15, -0.1) is 29.6 Å². The third-order valence-electron chi connectivity index (χ3n) is 4.72. The fourth-order valence-corrected chi connectivity index (χ4v) is 4.79. The lowest BCUT2D eigenvalue weighted by Gasteiger charge is -2.16. The molecule has 1 aliphatic carbocycles. The number of anilines is 1. The largest absolute Gasteiger partial charge is 0.331 e. The summed E-state index contributed by atoms with van der Waals surface area (Å²) in [5.41, 5.74) is 1.26. The van der Waals surface area contributed by atoms with E-state index in [9.17, 15) is 9.59 Å². The second kappa shape index (κ2) is 8.86. The summed E-state index contributed by atoms with van der Waals surface area (Å²) in [6.07, 6.45) is 5.25. The fourth-order valence-electron chi connectivity index (χ4n) is 3.22. The fraction of sp³-hybridized carbons (Fsp3) is 0.238. The van der Waals surface area contributed by atoms with Crippen LogP contribution in [-0.2, 0) is 4.79 Å². The second-order valence-corrected chi connectivity index (χ2v) is 9.61. The van der Waals surface area contributed by atoms with Gasteiger partial charge in [-0.05, 0) is 42.0 Å². The first-order valence-corrected chi connectivity index (χ1v) is 10.6. The number of alkyl halides is 2. The molecule has 2 atom stereocenters. The molecule has 0 bridgehead atoms. The number of benzene rings is 2. The minimum absolute atomic E-state index is 0.124. The van der Waals surface area contributed by atoms with Gasteiger partial charge in [0.05, 0.1) is 23.0 Å². The number of nitrogens with zero attached hydrogens (tertiary/aromatic N) is 1. The van der Waals surface area contributed by atoms with Crippen LogP contribution in [0.15, 0.2) is 36.4 Å². The predicted octanol–water partition coefficient (Wildman–Crippen LogP) is 5.88. The summed E-state index contributed by atoms with van der Waals surface area (Å²) < 4.78 is -1.31. The zero-order chi connectivity index (χ0) is 22.2. The zero-order valence-electron chi connectivity index (χ0n) is 15.6. The second-order valence-electron chi connectivity index (χ2n) is 6.88. The Balaban J connectivity index is 1.80. The van der Waals surface area contributed by atoms with Gasteiger partial charge in [-0.1, -0.05) is 40.7 Å². The highest BCUT2D eigenvalue weighted by Crippen LogP contribution is 2.65. The number of carbonyl (C=O) groups is 2. The maximum atomic E-state index is 12.8. The van der Waals surface area contributed by atoms with Gasteiger partial charge in [-0.25, -0.2) is 0 Å². The molecule has 2 aromatic rings. The van der Waals surface area contributed by atoms with Crippen LogP contribution < -0.4 is 5.32 Å². The molecule has 0 radical (unpaired) electrons. The number of nitrogens with one attached hydrogen (secondary N) is 1. The average Bonchev–Trinajstić information content (AvgIpc) is 3.24. The Morgan fingerprint density at radius 2 is 1.77 bits per heavy atom. The van der Waals surface area contributed by atoms with Crippen LogP contribution in [0.1, 0.15) is 21.8 Å². The Kier molecular flexibility index (Phi) is 6.81. The van der Waals surface area contributed by atoms with E-state index in [2.05, 4.69) is 11.2 Å². The van der Waals surface area contributed by atoms with Crippen molar-refractivity contribution in [1.82, 2.24) is 4.90 Å². The third-order valence-corrected chi connectivity index (χ3v) is 6.43. The van der Waals surface area contributed by atoms with Crippen LogP contribution in [0, 0.1) is 18.3 Å². The number of hydrogen-bond donors (Lipinski definition) is 1. The lowest BCUT2D eigenvalue weighted by Crippen LogP contribution is -2.27. The Hall–Kier alpha value is -1.61. The number of amides is 2. The minimum Gasteiger partial charge on any atom is -0.331 e. The summed E-state index contributed by atoms with van der Waals surface area (Å²) in [6.45, 7) is 0.124. The van der Waals surface area contributed by atoms with Gasteiger partial charge >= 0.3 is 0 Å². The Bertz CT molecular complexity index is 1040. The van der Waals surface area contributed by atoms with Gasteiger partial charge in [0.25, 0.3) is 5.91 Å². The highest BCUT2D eigenvalue weighted by molar-refractivity contribution is 6.53. The van der Waals surface area contributed by atoms with Crippen LogP contribution >= 0.6 is 58.0 Å². The molecule has 0 heterocycles. The van der Waals surface area contributed by atoms with Gasteiger partial charge in [0.15, 0.2) is 0 Å². The van der Waals surface area contributed by atoms with Gasteiger partial charge in [0.2, 0.25) is 5.91 Å². The van der Waals surface area contributed by atoms with Crippen molar-refractivity contribution in [2.24, 2.45) is 5.92 Å². The quantitative estimate of drug-likeness (QED) is 0.409. The molecule has 1 fully saturated rings. The molecule has 1 aliphatic rings. The molecule has 4 nitrogen and oxygen atoms in total. The van der Waals surface area contributed by atoms with Crippen molar-refractivity contribution in [3.8, 4) is 12.3 Å². The van der Waals surface area contributed by atoms with Crippen LogP contribution in [0.25, 0.3) is 0 Å². The van der Waals surface area contributed by atoms with Crippen molar-refractivity contribution >= 4 is 75.5 Å². The maximum Gasteiger partial charge on any atom is 0.255 e. The Labute approximate surface area is 199 Å². The van der Waals surface area contributed by atoms with Gasteiger partial charge in [0, 0.05) is 28.7 Å². The Morgan fingerprint density at radius 3 is 2.37 bits per heavy atom. The number of hydrogen-bond acceptors (Lipinski definition) is 2. The summed E-state index contributed by atoms with van der Waals surface area (Å²) in [5.74, 6) is 0.413. The number of terminal acetylenes is 1. The number of rotatable bonds is 5. The molecular formula is C21H15Cl5N2O2. The van der Waals surface area contributed by atoms with Crippen molar-refractivity contribution in [2.75, 3.05) is 18.9 Å². The van der Waals surface area contributed by atoms with E-state index in [1.807, 2.05) is 0 Å². The lowest BCUT2D eigenvalue weighted by atomic mass is 10.1. The third kappa shape index (κ3) is 4.66. The van der Waals surface area contributed by atoms with Crippen molar-refractivity contribution in [3.63, 3.8) is 0 Å². The van der Waals surface area contributed by atoms with Crippen molar-refractivity contribution in [1.29, 1.82) is 0 Å². The Morgan fingerprint density at radius 1 is 1.13 bits per heavy atom. The molecule has 0 spiro atoms. The molecule has 1 N–H and O–H groups in total. The standard InChI is InChI=1S/C21H15Cl5N2O2/c1-3-6-28(2)20(30)15-10-14(4-5-16(15)24)27-19(29)18-17(21(18,25)26)11-7-12(22)9-13(23)8-11/h1,4-5,7-10,17-18H,6H2,2H3,(H,27,29)/t17-,18+/m1/s1. The summed E-state index contributed by atoms with van der Waals surface area (Å²) in [6, 6.07) is 9.50. The first kappa shape index (κ1) is 23.1. The van der Waals surface area contributed by atoms with E-state index >= 15 is 0 Å². The molecule has 9 heteroatoms. The molecule has 3 rings (SSSR count). The SMILES string of the molecule is C#CCN(C)C(=O)c1cc(NC(=O)[C@@H]2[C@@H](c3cc(Cl)cc(Cl)c3)C2(Cl)Cl)ccc1Cl.